The van der Waals surface area contributed by atoms with E-state index in [-0.39, 0.29) is 11.6 Å². The number of amides is 1. The fraction of sp³-hybridized carbons (Fsp3) is 0.391. The maximum absolute atomic E-state index is 13.7. The molecule has 1 amide bonds. The van der Waals surface area contributed by atoms with Gasteiger partial charge in [0, 0.05) is 36.6 Å². The Morgan fingerprint density at radius 3 is 2.85 bits per heavy atom. The molecule has 0 spiro atoms. The van der Waals surface area contributed by atoms with Crippen LogP contribution in [0.1, 0.15) is 29.2 Å². The van der Waals surface area contributed by atoms with Crippen molar-refractivity contribution < 1.29 is 19.0 Å². The summed E-state index contributed by atoms with van der Waals surface area (Å²) >= 11 is 0. The van der Waals surface area contributed by atoms with Crippen LogP contribution in [0.3, 0.4) is 0 Å². The number of hydrogen-bond donors (Lipinski definition) is 3. The molecule has 10 nitrogen and oxygen atoms in total. The zero-order valence-electron chi connectivity index (χ0n) is 18.5. The van der Waals surface area contributed by atoms with Gasteiger partial charge in [0.2, 0.25) is 0 Å². The summed E-state index contributed by atoms with van der Waals surface area (Å²) in [6.07, 6.45) is 4.54. The van der Waals surface area contributed by atoms with Gasteiger partial charge in [0.1, 0.15) is 29.5 Å². The lowest BCUT2D eigenvalue weighted by Crippen LogP contribution is -2.48. The Morgan fingerprint density at radius 2 is 2.15 bits per heavy atom. The first kappa shape index (κ1) is 21.0. The van der Waals surface area contributed by atoms with Crippen molar-refractivity contribution in [2.75, 3.05) is 25.6 Å². The molecule has 176 valence electrons. The monoisotopic (exact) mass is 465 g/mol. The molecular formula is C23H24FN7O3. The van der Waals surface area contributed by atoms with E-state index in [1.54, 1.807) is 17.8 Å². The Kier molecular flexibility index (Phi) is 4.96. The fourth-order valence-electron chi connectivity index (χ4n) is 4.63. The van der Waals surface area contributed by atoms with Crippen molar-refractivity contribution >= 4 is 17.4 Å². The predicted molar refractivity (Wildman–Crippen MR) is 122 cm³/mol. The molecule has 5 heterocycles. The number of nitrogens with zero attached hydrogens (tertiary/aromatic N) is 5. The zero-order chi connectivity index (χ0) is 23.4. The highest BCUT2D eigenvalue weighted by Crippen LogP contribution is 2.36. The van der Waals surface area contributed by atoms with Crippen LogP contribution in [0.15, 0.2) is 36.8 Å². The number of aliphatic hydroxyl groups is 1. The van der Waals surface area contributed by atoms with E-state index in [4.69, 9.17) is 9.72 Å². The van der Waals surface area contributed by atoms with E-state index in [2.05, 4.69) is 20.7 Å². The molecule has 6 rings (SSSR count). The quantitative estimate of drug-likeness (QED) is 0.412. The first-order valence-electron chi connectivity index (χ1n) is 11.3. The van der Waals surface area contributed by atoms with Gasteiger partial charge in [-0.15, -0.1) is 0 Å². The average Bonchev–Trinajstić information content (AvgIpc) is 3.58. The number of pyridine rings is 1. The number of carbonyl (C=O) groups is 1. The normalized spacial score (nSPS) is 24.4. The van der Waals surface area contributed by atoms with Gasteiger partial charge in [-0.05, 0) is 25.0 Å². The number of hydrogen-bond acceptors (Lipinski definition) is 7. The Morgan fingerprint density at radius 1 is 1.26 bits per heavy atom. The summed E-state index contributed by atoms with van der Waals surface area (Å²) < 4.78 is 22.6. The second-order valence-electron chi connectivity index (χ2n) is 8.74. The molecule has 1 saturated carbocycles. The summed E-state index contributed by atoms with van der Waals surface area (Å²) in [5, 5.41) is 20.5. The molecule has 2 aromatic rings. The number of nitrogens with one attached hydrogen (secondary N) is 2. The number of aromatic nitrogens is 5. The minimum atomic E-state index is -1.01. The minimum Gasteiger partial charge on any atom is -0.388 e. The van der Waals surface area contributed by atoms with Gasteiger partial charge >= 0.3 is 0 Å². The van der Waals surface area contributed by atoms with Crippen molar-refractivity contribution in [3.63, 3.8) is 0 Å². The Hall–Kier alpha value is -3.57. The first-order chi connectivity index (χ1) is 16.5. The first-order valence-corrected chi connectivity index (χ1v) is 11.3. The number of rotatable bonds is 5. The molecule has 1 unspecified atom stereocenters. The van der Waals surface area contributed by atoms with E-state index in [0.717, 1.165) is 11.1 Å². The van der Waals surface area contributed by atoms with Crippen LogP contribution in [0.2, 0.25) is 0 Å². The lowest BCUT2D eigenvalue weighted by atomic mass is 9.90. The summed E-state index contributed by atoms with van der Waals surface area (Å²) in [5.41, 5.74) is 2.91. The molecule has 4 atom stereocenters. The number of aliphatic hydroxyl groups excluding tert-OH is 1. The van der Waals surface area contributed by atoms with E-state index < -0.39 is 24.2 Å². The Labute approximate surface area is 194 Å². The van der Waals surface area contributed by atoms with Gasteiger partial charge in [0.25, 0.3) is 5.91 Å². The molecule has 4 aliphatic rings. The molecule has 34 heavy (non-hydrogen) atoms. The third kappa shape index (κ3) is 3.23. The smallest absolute Gasteiger partial charge is 0.257 e. The Bertz CT molecular complexity index is 1350. The highest BCUT2D eigenvalue weighted by Gasteiger charge is 2.33. The van der Waals surface area contributed by atoms with Crippen molar-refractivity contribution in [1.29, 1.82) is 0 Å². The minimum absolute atomic E-state index is 0.217. The van der Waals surface area contributed by atoms with Crippen LogP contribution >= 0.6 is 0 Å². The lowest BCUT2D eigenvalue weighted by Gasteiger charge is -2.30. The molecule has 1 aliphatic carbocycles. The summed E-state index contributed by atoms with van der Waals surface area (Å²) in [5.74, 6) is 0.960. The topological polar surface area (TPSA) is 119 Å². The number of halogens is 1. The SMILES string of the molecule is CNc1cc(-c2cnc3n(C4COC[C@@H]4O)cccc2-3)nc2c(C(=O)N[C@H]3CC[C@@H]3F)cnn12. The number of anilines is 1. The van der Waals surface area contributed by atoms with Gasteiger partial charge in [-0.3, -0.25) is 4.79 Å². The summed E-state index contributed by atoms with van der Waals surface area (Å²) in [7, 11) is 1.76. The molecular weight excluding hydrogens is 441 g/mol. The molecule has 3 aliphatic heterocycles. The summed E-state index contributed by atoms with van der Waals surface area (Å²) in [6.45, 7) is 0.706. The molecule has 3 N–H and O–H groups in total. The van der Waals surface area contributed by atoms with Crippen molar-refractivity contribution in [2.24, 2.45) is 0 Å². The number of ether oxygens (including phenoxy) is 1. The molecule has 2 fully saturated rings. The highest BCUT2D eigenvalue weighted by atomic mass is 19.1. The standard InChI is InChI=1S/C23H24FN7O3/c1-25-20-7-17(28-22-14(9-27-31(20)22)23(33)29-16-5-4-15(16)24)13-8-26-21-12(13)3-2-6-30(21)18-10-34-11-19(18)32/h2-3,6-9,15-16,18-19,25,32H,4-5,10-11H2,1H3,(H,29,33)/t15-,16-,18?,19-/m0/s1. The molecule has 1 saturated heterocycles. The zero-order valence-corrected chi connectivity index (χ0v) is 18.5. The molecule has 11 heteroatoms. The van der Waals surface area contributed by atoms with E-state index in [0.29, 0.717) is 49.0 Å². The van der Waals surface area contributed by atoms with Gasteiger partial charge in [-0.2, -0.15) is 9.61 Å². The van der Waals surface area contributed by atoms with Crippen molar-refractivity contribution in [3.05, 3.63) is 42.4 Å². The molecule has 0 aromatic carbocycles. The van der Waals surface area contributed by atoms with Crippen molar-refractivity contribution in [3.8, 4) is 22.6 Å². The van der Waals surface area contributed by atoms with Crippen molar-refractivity contribution in [1.82, 2.24) is 29.5 Å². The van der Waals surface area contributed by atoms with Gasteiger partial charge in [-0.25, -0.2) is 14.4 Å². The van der Waals surface area contributed by atoms with E-state index in [1.807, 2.05) is 29.0 Å². The highest BCUT2D eigenvalue weighted by molar-refractivity contribution is 6.00. The van der Waals surface area contributed by atoms with Crippen LogP contribution in [0.25, 0.3) is 28.3 Å². The third-order valence-corrected chi connectivity index (χ3v) is 6.73. The maximum atomic E-state index is 13.7. The van der Waals surface area contributed by atoms with Crippen LogP contribution in [-0.2, 0) is 4.74 Å². The second-order valence-corrected chi connectivity index (χ2v) is 8.74. The van der Waals surface area contributed by atoms with Gasteiger partial charge in [0.05, 0.1) is 37.2 Å². The van der Waals surface area contributed by atoms with Crippen LogP contribution in [-0.4, -0.2) is 73.7 Å². The van der Waals surface area contributed by atoms with Crippen LogP contribution in [0, 0.1) is 0 Å². The third-order valence-electron chi connectivity index (χ3n) is 6.73. The van der Waals surface area contributed by atoms with E-state index in [1.165, 1.54) is 6.20 Å². The average molecular weight is 465 g/mol. The van der Waals surface area contributed by atoms with Crippen LogP contribution < -0.4 is 10.6 Å². The van der Waals surface area contributed by atoms with Crippen LogP contribution in [0.5, 0.6) is 0 Å². The van der Waals surface area contributed by atoms with E-state index in [9.17, 15) is 14.3 Å². The second kappa shape index (κ2) is 8.03. The Balaban J connectivity index is 1.41. The molecule has 2 aromatic heterocycles. The lowest BCUT2D eigenvalue weighted by molar-refractivity contribution is 0.0826. The molecule has 0 radical (unpaired) electrons. The summed E-state index contributed by atoms with van der Waals surface area (Å²) in [4.78, 5) is 22.2. The largest absolute Gasteiger partial charge is 0.388 e. The van der Waals surface area contributed by atoms with Gasteiger partial charge in [0.15, 0.2) is 5.65 Å². The van der Waals surface area contributed by atoms with Crippen molar-refractivity contribution in [2.45, 2.75) is 37.2 Å². The van der Waals surface area contributed by atoms with Gasteiger partial charge in [-0.1, -0.05) is 0 Å². The van der Waals surface area contributed by atoms with Crippen LogP contribution in [0.4, 0.5) is 10.2 Å². The number of alkyl halides is 1. The van der Waals surface area contributed by atoms with Gasteiger partial charge < -0.3 is 25.0 Å². The summed E-state index contributed by atoms with van der Waals surface area (Å²) in [6, 6.07) is 5.00. The van der Waals surface area contributed by atoms with E-state index >= 15 is 0 Å². The fourth-order valence-corrected chi connectivity index (χ4v) is 4.63. The number of fused-ring (bicyclic) bond motifs is 2. The number of carbonyl (C=O) groups excluding carboxylic acids is 1. The predicted octanol–water partition coefficient (Wildman–Crippen LogP) is 1.90. The molecule has 0 bridgehead atoms. The maximum Gasteiger partial charge on any atom is 0.257 e.